The van der Waals surface area contributed by atoms with Crippen LogP contribution in [0.2, 0.25) is 0 Å². The molecule has 3 heterocycles. The Bertz CT molecular complexity index is 1480. The van der Waals surface area contributed by atoms with Crippen molar-refractivity contribution in [2.75, 3.05) is 24.7 Å². The molecule has 0 radical (unpaired) electrons. The Labute approximate surface area is 210 Å². The number of nitriles is 1. The second-order valence-electron chi connectivity index (χ2n) is 8.74. The van der Waals surface area contributed by atoms with Crippen LogP contribution in [-0.4, -0.2) is 63.8 Å². The van der Waals surface area contributed by atoms with Gasteiger partial charge in [-0.05, 0) is 38.0 Å². The molecule has 196 valence electrons. The molecule has 1 aliphatic rings. The number of sulfonamides is 1. The quantitative estimate of drug-likeness (QED) is 0.494. The molecule has 2 atom stereocenters. The Morgan fingerprint density at radius 2 is 1.95 bits per heavy atom. The topological polar surface area (TPSA) is 117 Å². The molecular formula is C23H23F4N7O2S. The van der Waals surface area contributed by atoms with E-state index >= 15 is 0 Å². The number of alkyl halides is 4. The molecule has 0 spiro atoms. The lowest BCUT2D eigenvalue weighted by Gasteiger charge is -2.33. The lowest BCUT2D eigenvalue weighted by molar-refractivity contribution is -0.137. The summed E-state index contributed by atoms with van der Waals surface area (Å²) in [5, 5.41) is 12.0. The van der Waals surface area contributed by atoms with Crippen molar-refractivity contribution in [1.82, 2.24) is 23.8 Å². The van der Waals surface area contributed by atoms with Crippen molar-refractivity contribution < 1.29 is 26.0 Å². The van der Waals surface area contributed by atoms with Gasteiger partial charge in [0.25, 0.3) is 0 Å². The first-order valence-electron chi connectivity index (χ1n) is 11.2. The van der Waals surface area contributed by atoms with E-state index in [1.54, 1.807) is 36.6 Å². The van der Waals surface area contributed by atoms with E-state index in [1.807, 2.05) is 0 Å². The second kappa shape index (κ2) is 9.71. The minimum Gasteiger partial charge on any atom is -0.348 e. The van der Waals surface area contributed by atoms with Crippen LogP contribution in [-0.2, 0) is 16.2 Å². The summed E-state index contributed by atoms with van der Waals surface area (Å²) in [5.74, 6) is 0.129. The van der Waals surface area contributed by atoms with Gasteiger partial charge in [-0.3, -0.25) is 0 Å². The number of rotatable bonds is 5. The van der Waals surface area contributed by atoms with Crippen LogP contribution in [0, 0.1) is 25.2 Å². The highest BCUT2D eigenvalue weighted by Gasteiger charge is 2.37. The lowest BCUT2D eigenvalue weighted by Crippen LogP contribution is -2.49. The second-order valence-corrected chi connectivity index (χ2v) is 10.7. The number of hydrogen-bond acceptors (Lipinski definition) is 7. The van der Waals surface area contributed by atoms with Gasteiger partial charge in [0.2, 0.25) is 16.0 Å². The van der Waals surface area contributed by atoms with E-state index in [4.69, 9.17) is 0 Å². The predicted octanol–water partition coefficient (Wildman–Crippen LogP) is 3.62. The van der Waals surface area contributed by atoms with Gasteiger partial charge in [-0.15, -0.1) is 0 Å². The molecule has 14 heteroatoms. The third kappa shape index (κ3) is 5.42. The summed E-state index contributed by atoms with van der Waals surface area (Å²) in [6, 6.07) is 6.20. The molecule has 0 saturated carbocycles. The van der Waals surface area contributed by atoms with E-state index in [0.29, 0.717) is 28.8 Å². The van der Waals surface area contributed by atoms with Gasteiger partial charge < -0.3 is 9.88 Å². The molecule has 1 fully saturated rings. The van der Waals surface area contributed by atoms with Crippen molar-refractivity contribution >= 4 is 16.0 Å². The van der Waals surface area contributed by atoms with Gasteiger partial charge in [0.05, 0.1) is 29.6 Å². The van der Waals surface area contributed by atoms with E-state index < -0.39 is 39.7 Å². The Balaban J connectivity index is 1.70. The van der Waals surface area contributed by atoms with Crippen LogP contribution in [0.4, 0.5) is 23.5 Å². The Kier molecular flexibility index (Phi) is 6.95. The summed E-state index contributed by atoms with van der Waals surface area (Å²) in [4.78, 5) is 12.1. The molecule has 0 amide bonds. The highest BCUT2D eigenvalue weighted by Crippen LogP contribution is 2.36. The molecule has 9 nitrogen and oxygen atoms in total. The molecule has 3 aromatic rings. The number of imidazole rings is 1. The van der Waals surface area contributed by atoms with Gasteiger partial charge in [0, 0.05) is 25.5 Å². The maximum atomic E-state index is 14.7. The first-order valence-corrected chi connectivity index (χ1v) is 13.0. The van der Waals surface area contributed by atoms with E-state index in [0.717, 1.165) is 10.6 Å². The predicted molar refractivity (Wildman–Crippen MR) is 127 cm³/mol. The molecule has 2 aromatic heterocycles. The van der Waals surface area contributed by atoms with Crippen LogP contribution < -0.4 is 5.32 Å². The minimum absolute atomic E-state index is 0.0507. The normalized spacial score (nSPS) is 19.0. The van der Waals surface area contributed by atoms with Crippen molar-refractivity contribution in [2.45, 2.75) is 38.7 Å². The van der Waals surface area contributed by atoms with Crippen molar-refractivity contribution in [3.05, 3.63) is 53.1 Å². The van der Waals surface area contributed by atoms with Crippen LogP contribution in [0.3, 0.4) is 0 Å². The van der Waals surface area contributed by atoms with Crippen LogP contribution >= 0.6 is 0 Å². The molecule has 1 saturated heterocycles. The fraction of sp³-hybridized carbons (Fsp3) is 0.391. The summed E-state index contributed by atoms with van der Waals surface area (Å²) in [6.07, 6.45) is -3.34. The molecule has 1 N–H and O–H groups in total. The maximum absolute atomic E-state index is 14.7. The van der Waals surface area contributed by atoms with Gasteiger partial charge in [-0.25, -0.2) is 27.8 Å². The van der Waals surface area contributed by atoms with Crippen molar-refractivity contribution in [3.63, 3.8) is 0 Å². The number of nitrogens with zero attached hydrogens (tertiary/aromatic N) is 6. The van der Waals surface area contributed by atoms with E-state index in [2.05, 4.69) is 26.3 Å². The smallest absolute Gasteiger partial charge is 0.348 e. The summed E-state index contributed by atoms with van der Waals surface area (Å²) in [6.45, 7) is 3.01. The van der Waals surface area contributed by atoms with Gasteiger partial charge >= 0.3 is 6.18 Å². The molecular weight excluding hydrogens is 514 g/mol. The lowest BCUT2D eigenvalue weighted by atomic mass is 10.1. The van der Waals surface area contributed by atoms with Crippen LogP contribution in [0.5, 0.6) is 0 Å². The van der Waals surface area contributed by atoms with Gasteiger partial charge in [0.1, 0.15) is 28.9 Å². The zero-order valence-corrected chi connectivity index (χ0v) is 20.9. The Hall–Kier alpha value is -3.57. The molecule has 0 bridgehead atoms. The first-order chi connectivity index (χ1) is 17.3. The monoisotopic (exact) mass is 537 g/mol. The van der Waals surface area contributed by atoms with Gasteiger partial charge in [0.15, 0.2) is 0 Å². The number of halogens is 4. The zero-order valence-electron chi connectivity index (χ0n) is 20.1. The van der Waals surface area contributed by atoms with Crippen LogP contribution in [0.25, 0.3) is 17.1 Å². The fourth-order valence-electron chi connectivity index (χ4n) is 4.20. The molecule has 0 aliphatic carbocycles. The standard InChI is InChI=1S/C23H23F4N7O2S/c1-13-15(9-28)5-4-6-20(13)34-12-19(30-14(34)2)21-16(23(25,26)27)10-29-22(32-21)31-18-7-8-33(11-17(18)24)37(3,35)36/h4-6,10,12,17-18H,7-8,11H2,1-3H3,(H,29,31,32)/t17-,18+/m1/s1. The number of aryl methyl sites for hydroxylation is 1. The Morgan fingerprint density at radius 1 is 1.22 bits per heavy atom. The molecule has 4 rings (SSSR count). The third-order valence-electron chi connectivity index (χ3n) is 6.19. The van der Waals surface area contributed by atoms with E-state index in [1.165, 1.54) is 6.20 Å². The molecule has 37 heavy (non-hydrogen) atoms. The summed E-state index contributed by atoms with van der Waals surface area (Å²) in [5.41, 5.74) is -0.0689. The first kappa shape index (κ1) is 26.5. The number of aromatic nitrogens is 4. The number of anilines is 1. The molecule has 1 aromatic carbocycles. The summed E-state index contributed by atoms with van der Waals surface area (Å²) >= 11 is 0. The Morgan fingerprint density at radius 3 is 2.57 bits per heavy atom. The maximum Gasteiger partial charge on any atom is 0.420 e. The third-order valence-corrected chi connectivity index (χ3v) is 7.46. The van der Waals surface area contributed by atoms with E-state index in [9.17, 15) is 31.2 Å². The fourth-order valence-corrected chi connectivity index (χ4v) is 5.05. The number of piperidine rings is 1. The van der Waals surface area contributed by atoms with Gasteiger partial charge in [-0.1, -0.05) is 6.07 Å². The molecule has 0 unspecified atom stereocenters. The van der Waals surface area contributed by atoms with Crippen LogP contribution in [0.1, 0.15) is 28.9 Å². The van der Waals surface area contributed by atoms with Crippen molar-refractivity contribution in [2.24, 2.45) is 0 Å². The highest BCUT2D eigenvalue weighted by atomic mass is 32.2. The number of nitrogens with one attached hydrogen (secondary N) is 1. The number of hydrogen-bond donors (Lipinski definition) is 1. The van der Waals surface area contributed by atoms with Crippen LogP contribution in [0.15, 0.2) is 30.6 Å². The van der Waals surface area contributed by atoms with Crippen molar-refractivity contribution in [3.8, 4) is 23.1 Å². The van der Waals surface area contributed by atoms with Gasteiger partial charge in [-0.2, -0.15) is 22.7 Å². The minimum atomic E-state index is -4.79. The van der Waals surface area contributed by atoms with E-state index in [-0.39, 0.29) is 31.2 Å². The SMILES string of the molecule is Cc1c(C#N)cccc1-n1cc(-c2nc(N[C@H]3CCN(S(C)(=O)=O)C[C@H]3F)ncc2C(F)(F)F)nc1C. The molecule has 1 aliphatic heterocycles. The summed E-state index contributed by atoms with van der Waals surface area (Å²) < 4.78 is 82.2. The average Bonchev–Trinajstić information content (AvgIpc) is 3.20. The average molecular weight is 538 g/mol. The largest absolute Gasteiger partial charge is 0.420 e. The van der Waals surface area contributed by atoms with Crippen molar-refractivity contribution in [1.29, 1.82) is 5.26 Å². The summed E-state index contributed by atoms with van der Waals surface area (Å²) in [7, 11) is -3.57. The number of benzene rings is 1. The highest BCUT2D eigenvalue weighted by molar-refractivity contribution is 7.88. The zero-order chi connectivity index (χ0) is 27.1.